The molecule has 0 unspecified atom stereocenters. The average Bonchev–Trinajstić information content (AvgIpc) is 4.03. The van der Waals surface area contributed by atoms with E-state index in [0.29, 0.717) is 45.4 Å². The van der Waals surface area contributed by atoms with E-state index >= 15 is 0 Å². The molecule has 12 rings (SSSR count). The highest BCUT2D eigenvalue weighted by molar-refractivity contribution is 7.11. The first kappa shape index (κ1) is 34.0. The normalized spacial score (nSPS) is 12.1. The summed E-state index contributed by atoms with van der Waals surface area (Å²) in [5, 5.41) is 17.9. The first-order chi connectivity index (χ1) is 29.7. The van der Waals surface area contributed by atoms with Gasteiger partial charge in [-0.2, -0.15) is 0 Å². The molecular formula is C50H32N8OSi. The fourth-order valence-corrected chi connectivity index (χ4v) is 13.8. The summed E-state index contributed by atoms with van der Waals surface area (Å²) in [6.07, 6.45) is 0. The van der Waals surface area contributed by atoms with E-state index in [9.17, 15) is 5.11 Å². The summed E-state index contributed by atoms with van der Waals surface area (Å²) in [5.41, 5.74) is 5.79. The molecule has 282 valence electrons. The van der Waals surface area contributed by atoms with Gasteiger partial charge in [-0.15, -0.1) is 0 Å². The number of aromatic amines is 1. The quantitative estimate of drug-likeness (QED) is 0.136. The number of nitrogens with zero attached hydrogens (tertiary/aromatic N) is 7. The highest BCUT2D eigenvalue weighted by atomic mass is 28.3. The van der Waals surface area contributed by atoms with Crippen LogP contribution in [0, 0.1) is 0 Å². The Morgan fingerprint density at radius 3 is 1.22 bits per heavy atom. The van der Waals surface area contributed by atoms with Gasteiger partial charge in [0, 0.05) is 38.4 Å². The Labute approximate surface area is 344 Å². The number of aromatic nitrogens is 8. The minimum Gasteiger partial charge on any atom is -0.507 e. The van der Waals surface area contributed by atoms with Gasteiger partial charge in [0.15, 0.2) is 23.3 Å². The standard InChI is InChI=1S/C50H32N8OSi/c59-41-30-16-29-40-42(41)48-54-44-35-24-11-13-26-37(35)46(52-44)57-50-39-28-15-14-27-38(39)49(56-45-36-25-12-10-23-34(36)43(51-45)53-47(40)55-48)58(50)60(31-17-4-1-5-18-31,32-19-6-2-7-20-32)33-21-8-3-9-22-33/h1-30,59H,(H,51,52,53,54,55,56,57). The Morgan fingerprint density at radius 2 is 0.750 bits per heavy atom. The lowest BCUT2D eigenvalue weighted by Crippen LogP contribution is -2.72. The fraction of sp³-hybridized carbons (Fsp3) is 0. The number of nitrogens with one attached hydrogen (secondary N) is 1. The number of aromatic hydroxyl groups is 1. The SMILES string of the molecule is Oc1cccc2c3nc4nc(nc5c6ccccc6c(nc6nc(nc([nH]3)c12)-c1ccccc1-6)n5[Si](c1ccccc1)(c1ccccc1)c1ccccc1)-c1ccccc1-4. The van der Waals surface area contributed by atoms with Crippen molar-refractivity contribution in [1.82, 2.24) is 39.1 Å². The van der Waals surface area contributed by atoms with E-state index in [4.69, 9.17) is 29.9 Å². The summed E-state index contributed by atoms with van der Waals surface area (Å²) in [7, 11) is -3.39. The second kappa shape index (κ2) is 13.2. The van der Waals surface area contributed by atoms with Crippen LogP contribution in [-0.2, 0) is 0 Å². The second-order valence-electron chi connectivity index (χ2n) is 14.9. The molecule has 9 nitrogen and oxygen atoms in total. The third-order valence-electron chi connectivity index (χ3n) is 11.6. The van der Waals surface area contributed by atoms with Crippen LogP contribution in [0.15, 0.2) is 182 Å². The van der Waals surface area contributed by atoms with Crippen molar-refractivity contribution in [3.63, 3.8) is 0 Å². The van der Waals surface area contributed by atoms with Gasteiger partial charge in [-0.3, -0.25) is 0 Å². The number of H-pyrrole nitrogens is 1. The molecule has 0 radical (unpaired) electrons. The van der Waals surface area contributed by atoms with Crippen LogP contribution < -0.4 is 15.6 Å². The Balaban J connectivity index is 1.38. The van der Waals surface area contributed by atoms with Gasteiger partial charge in [-0.05, 0) is 21.6 Å². The maximum atomic E-state index is 11.3. The largest absolute Gasteiger partial charge is 0.507 e. The van der Waals surface area contributed by atoms with Crippen LogP contribution in [0.25, 0.3) is 89.7 Å². The molecule has 3 aromatic heterocycles. The molecule has 0 saturated heterocycles. The van der Waals surface area contributed by atoms with Crippen molar-refractivity contribution in [3.05, 3.63) is 182 Å². The van der Waals surface area contributed by atoms with Gasteiger partial charge in [-0.25, -0.2) is 29.9 Å². The van der Waals surface area contributed by atoms with Gasteiger partial charge >= 0.3 is 0 Å². The second-order valence-corrected chi connectivity index (χ2v) is 18.5. The molecule has 0 amide bonds. The first-order valence-electron chi connectivity index (χ1n) is 19.8. The zero-order valence-corrected chi connectivity index (χ0v) is 32.9. The Morgan fingerprint density at radius 1 is 0.367 bits per heavy atom. The highest BCUT2D eigenvalue weighted by Gasteiger charge is 2.45. The van der Waals surface area contributed by atoms with Crippen molar-refractivity contribution in [2.45, 2.75) is 0 Å². The van der Waals surface area contributed by atoms with Crippen LogP contribution >= 0.6 is 0 Å². The Hall–Kier alpha value is -8.08. The number of phenols is 1. The molecule has 2 N–H and O–H groups in total. The topological polar surface area (TPSA) is 118 Å². The van der Waals surface area contributed by atoms with Crippen molar-refractivity contribution in [3.8, 4) is 51.3 Å². The molecule has 0 atom stereocenters. The van der Waals surface area contributed by atoms with Gasteiger partial charge < -0.3 is 14.3 Å². The molecule has 7 aromatic carbocycles. The molecular weight excluding hydrogens is 757 g/mol. The lowest BCUT2D eigenvalue weighted by atomic mass is 10.1. The smallest absolute Gasteiger partial charge is 0.260 e. The highest BCUT2D eigenvalue weighted by Crippen LogP contribution is 2.39. The van der Waals surface area contributed by atoms with Crippen molar-refractivity contribution >= 4 is 67.9 Å². The molecule has 2 aliphatic heterocycles. The predicted octanol–water partition coefficient (Wildman–Crippen LogP) is 8.56. The molecule has 0 aliphatic carbocycles. The van der Waals surface area contributed by atoms with Gasteiger partial charge in [0.25, 0.3) is 8.24 Å². The number of fused-ring (bicyclic) bond motifs is 20. The minimum atomic E-state index is -3.39. The maximum Gasteiger partial charge on any atom is 0.260 e. The van der Waals surface area contributed by atoms with Crippen LogP contribution in [0.2, 0.25) is 0 Å². The summed E-state index contributed by atoms with van der Waals surface area (Å²) in [5.74, 6) is 2.11. The molecule has 5 heterocycles. The molecule has 0 saturated carbocycles. The molecule has 0 fully saturated rings. The molecule has 10 aromatic rings. The van der Waals surface area contributed by atoms with E-state index in [1.165, 1.54) is 0 Å². The van der Waals surface area contributed by atoms with Crippen molar-refractivity contribution in [2.75, 3.05) is 0 Å². The Kier molecular flexibility index (Phi) is 7.50. The van der Waals surface area contributed by atoms with Crippen LogP contribution in [-0.4, -0.2) is 52.5 Å². The number of benzene rings is 7. The van der Waals surface area contributed by atoms with E-state index in [1.807, 2.05) is 54.6 Å². The maximum absolute atomic E-state index is 11.3. The van der Waals surface area contributed by atoms with E-state index in [0.717, 1.165) is 59.9 Å². The summed E-state index contributed by atoms with van der Waals surface area (Å²) in [4.78, 5) is 35.5. The number of rotatable bonds is 4. The summed E-state index contributed by atoms with van der Waals surface area (Å²) in [6, 6.07) is 62.2. The summed E-state index contributed by atoms with van der Waals surface area (Å²) < 4.78 is 2.42. The number of phenolic OH excluding ortho intramolecular Hbond substituents is 1. The molecule has 8 bridgehead atoms. The minimum absolute atomic E-state index is 0.0826. The zero-order chi connectivity index (χ0) is 39.8. The molecule has 60 heavy (non-hydrogen) atoms. The van der Waals surface area contributed by atoms with Crippen LogP contribution in [0.5, 0.6) is 5.75 Å². The van der Waals surface area contributed by atoms with Crippen molar-refractivity contribution < 1.29 is 5.11 Å². The van der Waals surface area contributed by atoms with E-state index in [1.54, 1.807) is 12.1 Å². The van der Waals surface area contributed by atoms with E-state index in [-0.39, 0.29) is 5.75 Å². The average molecular weight is 789 g/mol. The molecule has 10 heteroatoms. The van der Waals surface area contributed by atoms with Crippen LogP contribution in [0.1, 0.15) is 0 Å². The van der Waals surface area contributed by atoms with E-state index in [2.05, 4.69) is 124 Å². The van der Waals surface area contributed by atoms with Crippen LogP contribution in [0.4, 0.5) is 0 Å². The van der Waals surface area contributed by atoms with Crippen molar-refractivity contribution in [1.29, 1.82) is 0 Å². The third kappa shape index (κ3) is 4.98. The van der Waals surface area contributed by atoms with E-state index < -0.39 is 8.24 Å². The monoisotopic (exact) mass is 788 g/mol. The van der Waals surface area contributed by atoms with Gasteiger partial charge in [0.1, 0.15) is 28.3 Å². The number of hydrogen-bond acceptors (Lipinski definition) is 7. The fourth-order valence-electron chi connectivity index (χ4n) is 9.02. The molecule has 0 spiro atoms. The third-order valence-corrected chi connectivity index (χ3v) is 16.2. The van der Waals surface area contributed by atoms with Crippen LogP contribution in [0.3, 0.4) is 0 Å². The Bertz CT molecular complexity index is 3420. The molecule has 2 aliphatic rings. The summed E-state index contributed by atoms with van der Waals surface area (Å²) >= 11 is 0. The van der Waals surface area contributed by atoms with Gasteiger partial charge in [0.05, 0.1) is 5.39 Å². The number of hydrogen-bond donors (Lipinski definition) is 2. The summed E-state index contributed by atoms with van der Waals surface area (Å²) in [6.45, 7) is 0. The lowest BCUT2D eigenvalue weighted by Gasteiger charge is -2.35. The van der Waals surface area contributed by atoms with Gasteiger partial charge in [0.2, 0.25) is 0 Å². The van der Waals surface area contributed by atoms with Gasteiger partial charge in [-0.1, -0.05) is 176 Å². The lowest BCUT2D eigenvalue weighted by molar-refractivity contribution is 0.482. The first-order valence-corrected chi connectivity index (χ1v) is 21.7. The van der Waals surface area contributed by atoms with Crippen molar-refractivity contribution in [2.24, 2.45) is 0 Å². The predicted molar refractivity (Wildman–Crippen MR) is 241 cm³/mol. The zero-order valence-electron chi connectivity index (χ0n) is 31.9.